The Bertz CT molecular complexity index is 676. The molecule has 1 aromatic carbocycles. The van der Waals surface area contributed by atoms with Gasteiger partial charge in [0.1, 0.15) is 11.5 Å². The van der Waals surface area contributed by atoms with Crippen molar-refractivity contribution in [3.05, 3.63) is 34.6 Å². The molecule has 0 nitrogen and oxygen atoms in total. The lowest BCUT2D eigenvalue weighted by atomic mass is 9.65. The highest BCUT2D eigenvalue weighted by molar-refractivity contribution is 5.42. The van der Waals surface area contributed by atoms with Crippen molar-refractivity contribution in [2.45, 2.75) is 97.1 Å². The Labute approximate surface area is 170 Å². The first kappa shape index (κ1) is 20.4. The number of hydrogen-bond donors (Lipinski definition) is 0. The Morgan fingerprint density at radius 3 is 2.11 bits per heavy atom. The highest BCUT2D eigenvalue weighted by Crippen LogP contribution is 2.53. The van der Waals surface area contributed by atoms with Gasteiger partial charge < -0.3 is 0 Å². The zero-order valence-electron chi connectivity index (χ0n) is 18.1. The maximum Gasteiger partial charge on any atom is 0.139 e. The molecular formula is C26H38F2. The lowest BCUT2D eigenvalue weighted by molar-refractivity contribution is 0.0387. The summed E-state index contributed by atoms with van der Waals surface area (Å²) >= 11 is 0. The second-order valence-corrected chi connectivity index (χ2v) is 10.4. The van der Waals surface area contributed by atoms with Crippen molar-refractivity contribution < 1.29 is 8.78 Å². The Balaban J connectivity index is 1.36. The van der Waals surface area contributed by atoms with Gasteiger partial charge in [0, 0.05) is 11.5 Å². The molecule has 3 aliphatic rings. The van der Waals surface area contributed by atoms with Crippen LogP contribution in [0.3, 0.4) is 0 Å². The molecule has 0 amide bonds. The molecule has 2 saturated carbocycles. The van der Waals surface area contributed by atoms with Gasteiger partial charge in [-0.1, -0.05) is 38.7 Å². The first-order valence-corrected chi connectivity index (χ1v) is 11.9. The number of aryl methyl sites for hydroxylation is 1. The monoisotopic (exact) mass is 388 g/mol. The van der Waals surface area contributed by atoms with Gasteiger partial charge in [-0.05, 0) is 99.7 Å². The summed E-state index contributed by atoms with van der Waals surface area (Å²) in [4.78, 5) is 0. The predicted molar refractivity (Wildman–Crippen MR) is 113 cm³/mol. The quantitative estimate of drug-likeness (QED) is 0.491. The van der Waals surface area contributed by atoms with Crippen LogP contribution in [0.4, 0.5) is 8.78 Å². The first-order chi connectivity index (χ1) is 13.4. The van der Waals surface area contributed by atoms with E-state index in [2.05, 4.69) is 6.92 Å². The lowest BCUT2D eigenvalue weighted by Crippen LogP contribution is -2.34. The van der Waals surface area contributed by atoms with Gasteiger partial charge in [-0.3, -0.25) is 0 Å². The third-order valence-corrected chi connectivity index (χ3v) is 8.58. The average molecular weight is 389 g/mol. The number of benzene rings is 1. The summed E-state index contributed by atoms with van der Waals surface area (Å²) < 4.78 is 30.3. The number of hydrogen-bond acceptors (Lipinski definition) is 0. The fourth-order valence-corrected chi connectivity index (χ4v) is 7.12. The molecule has 0 saturated heterocycles. The van der Waals surface area contributed by atoms with Crippen LogP contribution in [0.15, 0.2) is 12.1 Å². The molecule has 0 aliphatic heterocycles. The minimum absolute atomic E-state index is 0.0416. The van der Waals surface area contributed by atoms with Gasteiger partial charge in [0.05, 0.1) is 0 Å². The normalized spacial score (nSPS) is 38.4. The van der Waals surface area contributed by atoms with Crippen LogP contribution < -0.4 is 0 Å². The summed E-state index contributed by atoms with van der Waals surface area (Å²) in [7, 11) is 0. The van der Waals surface area contributed by atoms with E-state index in [1.165, 1.54) is 57.4 Å². The molecule has 0 heterocycles. The molecule has 1 aromatic rings. The van der Waals surface area contributed by atoms with E-state index in [4.69, 9.17) is 0 Å². The molecule has 2 atom stereocenters. The molecule has 2 fully saturated rings. The maximum absolute atomic E-state index is 15.8. The summed E-state index contributed by atoms with van der Waals surface area (Å²) in [5, 5.41) is 0. The number of alkyl halides is 1. The van der Waals surface area contributed by atoms with Crippen LogP contribution in [0.25, 0.3) is 0 Å². The minimum atomic E-state index is -1.51. The second-order valence-electron chi connectivity index (χ2n) is 10.4. The Kier molecular flexibility index (Phi) is 5.87. The van der Waals surface area contributed by atoms with Crippen molar-refractivity contribution in [2.75, 3.05) is 0 Å². The van der Waals surface area contributed by atoms with E-state index < -0.39 is 5.67 Å². The van der Waals surface area contributed by atoms with E-state index >= 15 is 4.39 Å². The largest absolute Gasteiger partial charge is 0.239 e. The van der Waals surface area contributed by atoms with E-state index in [0.717, 1.165) is 48.1 Å². The van der Waals surface area contributed by atoms with Gasteiger partial charge in [-0.25, -0.2) is 8.78 Å². The van der Waals surface area contributed by atoms with Crippen molar-refractivity contribution in [1.82, 2.24) is 0 Å². The molecule has 3 aliphatic carbocycles. The highest BCUT2D eigenvalue weighted by atomic mass is 19.1. The van der Waals surface area contributed by atoms with E-state index in [9.17, 15) is 4.39 Å². The second kappa shape index (κ2) is 8.07. The van der Waals surface area contributed by atoms with Crippen LogP contribution in [-0.2, 0) is 12.1 Å². The summed E-state index contributed by atoms with van der Waals surface area (Å²) in [5.74, 6) is 2.77. The predicted octanol–water partition coefficient (Wildman–Crippen LogP) is 7.90. The highest BCUT2D eigenvalue weighted by Gasteiger charge is 2.49. The fraction of sp³-hybridized carbons (Fsp3) is 0.769. The van der Waals surface area contributed by atoms with Gasteiger partial charge in [0.2, 0.25) is 0 Å². The van der Waals surface area contributed by atoms with Gasteiger partial charge in [0.25, 0.3) is 0 Å². The van der Waals surface area contributed by atoms with Gasteiger partial charge in [-0.15, -0.1) is 0 Å². The summed E-state index contributed by atoms with van der Waals surface area (Å²) in [6, 6.07) is 3.52. The van der Waals surface area contributed by atoms with Crippen molar-refractivity contribution in [1.29, 1.82) is 0 Å². The molecule has 0 aromatic heterocycles. The molecule has 0 spiro atoms. The number of rotatable bonds is 4. The van der Waals surface area contributed by atoms with Gasteiger partial charge >= 0.3 is 0 Å². The number of halogens is 2. The van der Waals surface area contributed by atoms with Crippen LogP contribution in [0, 0.1) is 42.3 Å². The van der Waals surface area contributed by atoms with Crippen LogP contribution in [0.1, 0.15) is 94.7 Å². The smallest absolute Gasteiger partial charge is 0.139 e. The van der Waals surface area contributed by atoms with E-state index in [0.29, 0.717) is 11.5 Å². The van der Waals surface area contributed by atoms with Crippen molar-refractivity contribution in [2.24, 2.45) is 29.6 Å². The standard InChI is InChI=1S/C26H38F2/c1-4-5-18-6-8-19(9-7-18)20-10-12-21(13-11-20)23-16-22-14-17(2)15-24(27)25(22)26(23,3)28/h14-15,18-21,23H,4-13,16H2,1-3H3. The Morgan fingerprint density at radius 2 is 1.50 bits per heavy atom. The van der Waals surface area contributed by atoms with E-state index in [1.807, 2.05) is 13.0 Å². The van der Waals surface area contributed by atoms with Crippen LogP contribution in [-0.4, -0.2) is 0 Å². The first-order valence-electron chi connectivity index (χ1n) is 11.9. The van der Waals surface area contributed by atoms with Crippen LogP contribution in [0.2, 0.25) is 0 Å². The van der Waals surface area contributed by atoms with Crippen LogP contribution >= 0.6 is 0 Å². The van der Waals surface area contributed by atoms with Crippen molar-refractivity contribution in [3.8, 4) is 0 Å². The van der Waals surface area contributed by atoms with Crippen molar-refractivity contribution in [3.63, 3.8) is 0 Å². The molecule has 28 heavy (non-hydrogen) atoms. The molecule has 0 radical (unpaired) electrons. The third kappa shape index (κ3) is 3.77. The minimum Gasteiger partial charge on any atom is -0.239 e. The topological polar surface area (TPSA) is 0 Å². The average Bonchev–Trinajstić information content (AvgIpc) is 2.93. The molecule has 2 unspecified atom stereocenters. The molecular weight excluding hydrogens is 350 g/mol. The fourth-order valence-electron chi connectivity index (χ4n) is 7.12. The zero-order chi connectivity index (χ0) is 19.9. The van der Waals surface area contributed by atoms with Gasteiger partial charge in [-0.2, -0.15) is 0 Å². The Hall–Kier alpha value is -0.920. The summed E-state index contributed by atoms with van der Waals surface area (Å²) in [5.41, 5.74) is 0.682. The molecule has 2 heteroatoms. The Morgan fingerprint density at radius 1 is 0.929 bits per heavy atom. The number of fused-ring (bicyclic) bond motifs is 1. The summed E-state index contributed by atoms with van der Waals surface area (Å²) in [6.45, 7) is 5.86. The summed E-state index contributed by atoms with van der Waals surface area (Å²) in [6.07, 6.45) is 13.9. The third-order valence-electron chi connectivity index (χ3n) is 8.58. The van der Waals surface area contributed by atoms with E-state index in [-0.39, 0.29) is 11.7 Å². The van der Waals surface area contributed by atoms with Crippen molar-refractivity contribution >= 4 is 0 Å². The zero-order valence-corrected chi connectivity index (χ0v) is 18.1. The van der Waals surface area contributed by atoms with E-state index in [1.54, 1.807) is 6.92 Å². The molecule has 0 bridgehead atoms. The van der Waals surface area contributed by atoms with Gasteiger partial charge in [0.15, 0.2) is 0 Å². The van der Waals surface area contributed by atoms with Crippen LogP contribution in [0.5, 0.6) is 0 Å². The molecule has 0 N–H and O–H groups in total. The molecule has 4 rings (SSSR count). The lowest BCUT2D eigenvalue weighted by Gasteiger charge is -2.41. The molecule has 156 valence electrons. The SMILES string of the molecule is CCCC1CCC(C2CCC(C3Cc4cc(C)cc(F)c4C3(C)F)CC2)CC1. The maximum atomic E-state index is 15.8.